The number of aromatic nitrogens is 4. The molecule has 1 fully saturated rings. The van der Waals surface area contributed by atoms with Crippen molar-refractivity contribution in [2.75, 3.05) is 24.6 Å². The van der Waals surface area contributed by atoms with E-state index in [1.807, 2.05) is 18.6 Å². The van der Waals surface area contributed by atoms with E-state index in [-0.39, 0.29) is 6.10 Å². The van der Waals surface area contributed by atoms with E-state index >= 15 is 0 Å². The summed E-state index contributed by atoms with van der Waals surface area (Å²) in [6.07, 6.45) is 2.65. The molecular formula is C15H17N5OS2. The standard InChI is InChI=1S/C15H17N5OS2/c1-19-13(8-11-2-6-22-10-11)17-18-15(19)20-4-5-21-12(9-20)14-16-3-7-23-14/h2-3,6-7,10,12H,4-5,8-9H2,1H3. The maximum Gasteiger partial charge on any atom is 0.227 e. The van der Waals surface area contributed by atoms with Crippen LogP contribution in [0.3, 0.4) is 0 Å². The molecule has 4 heterocycles. The maximum atomic E-state index is 5.86. The Morgan fingerprint density at radius 3 is 3.09 bits per heavy atom. The van der Waals surface area contributed by atoms with Gasteiger partial charge in [-0.15, -0.1) is 21.5 Å². The molecule has 0 saturated carbocycles. The van der Waals surface area contributed by atoms with Crippen LogP contribution in [0.4, 0.5) is 5.95 Å². The van der Waals surface area contributed by atoms with Crippen molar-refractivity contribution in [3.63, 3.8) is 0 Å². The molecule has 0 N–H and O–H groups in total. The third-order valence-corrected chi connectivity index (χ3v) is 5.56. The molecule has 0 spiro atoms. The number of hydrogen-bond donors (Lipinski definition) is 0. The lowest BCUT2D eigenvalue weighted by atomic mass is 10.2. The van der Waals surface area contributed by atoms with Gasteiger partial charge < -0.3 is 14.2 Å². The lowest BCUT2D eigenvalue weighted by molar-refractivity contribution is 0.0389. The number of hydrogen-bond acceptors (Lipinski definition) is 7. The summed E-state index contributed by atoms with van der Waals surface area (Å²) >= 11 is 3.34. The van der Waals surface area contributed by atoms with Crippen molar-refractivity contribution in [2.45, 2.75) is 12.5 Å². The topological polar surface area (TPSA) is 56.1 Å². The second kappa shape index (κ2) is 6.38. The average Bonchev–Trinajstić information content (AvgIpc) is 3.32. The van der Waals surface area contributed by atoms with Crippen molar-refractivity contribution in [1.82, 2.24) is 19.7 Å². The number of thiophene rings is 1. The van der Waals surface area contributed by atoms with Crippen LogP contribution in [0, 0.1) is 0 Å². The Morgan fingerprint density at radius 2 is 2.30 bits per heavy atom. The van der Waals surface area contributed by atoms with E-state index in [4.69, 9.17) is 4.74 Å². The summed E-state index contributed by atoms with van der Waals surface area (Å²) in [5.74, 6) is 1.88. The SMILES string of the molecule is Cn1c(Cc2ccsc2)nnc1N1CCOC(c2nccs2)C1. The van der Waals surface area contributed by atoms with Gasteiger partial charge in [-0.1, -0.05) is 0 Å². The van der Waals surface area contributed by atoms with Gasteiger partial charge in [0.05, 0.1) is 13.2 Å². The molecule has 3 aromatic rings. The number of morpholine rings is 1. The molecule has 23 heavy (non-hydrogen) atoms. The van der Waals surface area contributed by atoms with Crippen molar-refractivity contribution in [3.05, 3.63) is 44.8 Å². The zero-order valence-electron chi connectivity index (χ0n) is 12.8. The molecule has 0 radical (unpaired) electrons. The van der Waals surface area contributed by atoms with Crippen molar-refractivity contribution >= 4 is 28.6 Å². The minimum atomic E-state index is 0.0146. The van der Waals surface area contributed by atoms with E-state index in [1.165, 1.54) is 5.56 Å². The van der Waals surface area contributed by atoms with Gasteiger partial charge in [-0.3, -0.25) is 0 Å². The van der Waals surface area contributed by atoms with Crippen LogP contribution < -0.4 is 4.90 Å². The Labute approximate surface area is 142 Å². The largest absolute Gasteiger partial charge is 0.367 e. The Bertz CT molecular complexity index is 753. The van der Waals surface area contributed by atoms with Crippen molar-refractivity contribution in [2.24, 2.45) is 7.05 Å². The smallest absolute Gasteiger partial charge is 0.227 e. The quantitative estimate of drug-likeness (QED) is 0.726. The third-order valence-electron chi connectivity index (χ3n) is 3.96. The summed E-state index contributed by atoms with van der Waals surface area (Å²) in [6.45, 7) is 2.27. The predicted molar refractivity (Wildman–Crippen MR) is 91.1 cm³/mol. The molecule has 0 bridgehead atoms. The van der Waals surface area contributed by atoms with Gasteiger partial charge >= 0.3 is 0 Å². The minimum absolute atomic E-state index is 0.0146. The summed E-state index contributed by atoms with van der Waals surface area (Å²) in [5.41, 5.74) is 1.28. The predicted octanol–water partition coefficient (Wildman–Crippen LogP) is 2.50. The van der Waals surface area contributed by atoms with Crippen LogP contribution in [0.1, 0.15) is 22.5 Å². The lowest BCUT2D eigenvalue weighted by Gasteiger charge is -2.32. The van der Waals surface area contributed by atoms with Gasteiger partial charge in [0.2, 0.25) is 5.95 Å². The number of nitrogens with zero attached hydrogens (tertiary/aromatic N) is 5. The fraction of sp³-hybridized carbons (Fsp3) is 0.400. The molecule has 6 nitrogen and oxygen atoms in total. The molecule has 8 heteroatoms. The summed E-state index contributed by atoms with van der Waals surface area (Å²) in [4.78, 5) is 6.61. The Kier molecular flexibility index (Phi) is 4.11. The van der Waals surface area contributed by atoms with Crippen LogP contribution in [-0.4, -0.2) is 39.4 Å². The molecule has 1 saturated heterocycles. The average molecular weight is 347 g/mol. The second-order valence-corrected chi connectivity index (χ2v) is 7.17. The van der Waals surface area contributed by atoms with E-state index in [1.54, 1.807) is 22.7 Å². The van der Waals surface area contributed by atoms with Gasteiger partial charge in [-0.25, -0.2) is 4.98 Å². The first-order valence-electron chi connectivity index (χ1n) is 7.46. The van der Waals surface area contributed by atoms with Crippen molar-refractivity contribution in [3.8, 4) is 0 Å². The first-order chi connectivity index (χ1) is 11.3. The molecule has 1 atom stereocenters. The number of rotatable bonds is 4. The van der Waals surface area contributed by atoms with Crippen LogP contribution in [0.2, 0.25) is 0 Å². The van der Waals surface area contributed by atoms with Crippen LogP contribution >= 0.6 is 22.7 Å². The van der Waals surface area contributed by atoms with Gasteiger partial charge in [0.15, 0.2) is 0 Å². The van der Waals surface area contributed by atoms with E-state index in [0.717, 1.165) is 36.3 Å². The van der Waals surface area contributed by atoms with Gasteiger partial charge in [0.1, 0.15) is 16.9 Å². The van der Waals surface area contributed by atoms with Gasteiger partial charge in [-0.2, -0.15) is 11.3 Å². The fourth-order valence-corrected chi connectivity index (χ4v) is 4.08. The highest BCUT2D eigenvalue weighted by Gasteiger charge is 2.27. The number of anilines is 1. The first kappa shape index (κ1) is 14.8. The maximum absolute atomic E-state index is 5.86. The minimum Gasteiger partial charge on any atom is -0.367 e. The van der Waals surface area contributed by atoms with Crippen LogP contribution in [0.15, 0.2) is 28.4 Å². The summed E-state index contributed by atoms with van der Waals surface area (Å²) in [6, 6.07) is 2.13. The zero-order chi connectivity index (χ0) is 15.6. The summed E-state index contributed by atoms with van der Waals surface area (Å²) in [5, 5.41) is 16.0. The molecule has 1 aliphatic rings. The lowest BCUT2D eigenvalue weighted by Crippen LogP contribution is -2.39. The Morgan fingerprint density at radius 1 is 1.35 bits per heavy atom. The van der Waals surface area contributed by atoms with E-state index in [2.05, 4.69) is 41.5 Å². The van der Waals surface area contributed by atoms with E-state index in [9.17, 15) is 0 Å². The highest BCUT2D eigenvalue weighted by atomic mass is 32.1. The first-order valence-corrected chi connectivity index (χ1v) is 9.29. The fourth-order valence-electron chi connectivity index (χ4n) is 2.73. The van der Waals surface area contributed by atoms with Crippen molar-refractivity contribution < 1.29 is 4.74 Å². The monoisotopic (exact) mass is 347 g/mol. The third kappa shape index (κ3) is 3.01. The van der Waals surface area contributed by atoms with Crippen LogP contribution in [0.5, 0.6) is 0 Å². The molecule has 0 aliphatic carbocycles. The molecule has 4 rings (SSSR count). The molecular weight excluding hydrogens is 330 g/mol. The highest BCUT2D eigenvalue weighted by molar-refractivity contribution is 7.09. The molecule has 0 amide bonds. The molecule has 1 aliphatic heterocycles. The van der Waals surface area contributed by atoms with E-state index < -0.39 is 0 Å². The Balaban J connectivity index is 1.52. The van der Waals surface area contributed by atoms with Gasteiger partial charge in [-0.05, 0) is 22.4 Å². The highest BCUT2D eigenvalue weighted by Crippen LogP contribution is 2.26. The number of thiazole rings is 1. The number of ether oxygens (including phenoxy) is 1. The summed E-state index contributed by atoms with van der Waals surface area (Å²) < 4.78 is 7.94. The van der Waals surface area contributed by atoms with Crippen molar-refractivity contribution in [1.29, 1.82) is 0 Å². The van der Waals surface area contributed by atoms with Gasteiger partial charge in [0, 0.05) is 31.6 Å². The van der Waals surface area contributed by atoms with Crippen LogP contribution in [-0.2, 0) is 18.2 Å². The normalized spacial score (nSPS) is 18.5. The van der Waals surface area contributed by atoms with Gasteiger partial charge in [0.25, 0.3) is 0 Å². The summed E-state index contributed by atoms with van der Waals surface area (Å²) in [7, 11) is 2.03. The molecule has 0 aromatic carbocycles. The van der Waals surface area contributed by atoms with E-state index in [0.29, 0.717) is 6.61 Å². The Hall–Kier alpha value is -1.77. The van der Waals surface area contributed by atoms with Crippen LogP contribution in [0.25, 0.3) is 0 Å². The zero-order valence-corrected chi connectivity index (χ0v) is 14.4. The molecule has 1 unspecified atom stereocenters. The second-order valence-electron chi connectivity index (χ2n) is 5.46. The molecule has 3 aromatic heterocycles. The molecule has 120 valence electrons.